The number of carbonyl (C=O) groups excluding carboxylic acids is 1. The molecular weight excluding hydrogens is 192 g/mol. The van der Waals surface area contributed by atoms with Crippen LogP contribution in [0.15, 0.2) is 30.4 Å². The van der Waals surface area contributed by atoms with Gasteiger partial charge < -0.3 is 9.84 Å². The molecule has 3 nitrogen and oxygen atoms in total. The summed E-state index contributed by atoms with van der Waals surface area (Å²) < 4.78 is 5.29. The van der Waals surface area contributed by atoms with Gasteiger partial charge in [0.25, 0.3) is 0 Å². The van der Waals surface area contributed by atoms with Crippen molar-refractivity contribution in [3.8, 4) is 11.5 Å². The molecule has 80 valence electrons. The first-order chi connectivity index (χ1) is 7.02. The maximum absolute atomic E-state index is 11.1. The van der Waals surface area contributed by atoms with Gasteiger partial charge in [-0.15, -0.1) is 0 Å². The first-order valence-electron chi connectivity index (χ1n) is 4.62. The van der Waals surface area contributed by atoms with Gasteiger partial charge in [-0.1, -0.05) is 12.6 Å². The predicted molar refractivity (Wildman–Crippen MR) is 58.4 cm³/mol. The first kappa shape index (κ1) is 11.3. The van der Waals surface area contributed by atoms with Crippen molar-refractivity contribution < 1.29 is 14.6 Å². The summed E-state index contributed by atoms with van der Waals surface area (Å²) >= 11 is 0. The lowest BCUT2D eigenvalue weighted by Crippen LogP contribution is -2.00. The van der Waals surface area contributed by atoms with Crippen LogP contribution in [0.5, 0.6) is 11.5 Å². The van der Waals surface area contributed by atoms with Gasteiger partial charge in [0.1, 0.15) is 6.61 Å². The fraction of sp³-hybridized carbons (Fsp3) is 0.250. The fourth-order valence-electron chi connectivity index (χ4n) is 1.12. The highest BCUT2D eigenvalue weighted by molar-refractivity contribution is 5.97. The van der Waals surface area contributed by atoms with E-state index in [4.69, 9.17) is 4.74 Å². The van der Waals surface area contributed by atoms with Crippen molar-refractivity contribution in [3.05, 3.63) is 35.9 Å². The number of ketones is 1. The Kier molecular flexibility index (Phi) is 3.50. The molecule has 0 bridgehead atoms. The smallest absolute Gasteiger partial charge is 0.168 e. The van der Waals surface area contributed by atoms with Crippen molar-refractivity contribution in [2.75, 3.05) is 6.61 Å². The molecule has 0 unspecified atom stereocenters. The lowest BCUT2D eigenvalue weighted by atomic mass is 10.1. The maximum atomic E-state index is 11.1. The molecule has 0 aliphatic carbocycles. The quantitative estimate of drug-likeness (QED) is 0.608. The normalized spacial score (nSPS) is 9.73. The zero-order valence-corrected chi connectivity index (χ0v) is 8.91. The summed E-state index contributed by atoms with van der Waals surface area (Å²) in [5, 5.41) is 9.70. The number of benzene rings is 1. The highest BCUT2D eigenvalue weighted by Crippen LogP contribution is 2.30. The van der Waals surface area contributed by atoms with E-state index < -0.39 is 0 Å². The minimum absolute atomic E-state index is 0.105. The molecule has 0 heterocycles. The van der Waals surface area contributed by atoms with Gasteiger partial charge in [-0.05, 0) is 31.6 Å². The Morgan fingerprint density at radius 2 is 2.13 bits per heavy atom. The van der Waals surface area contributed by atoms with E-state index in [2.05, 4.69) is 6.58 Å². The third-order valence-electron chi connectivity index (χ3n) is 1.85. The van der Waals surface area contributed by atoms with Crippen LogP contribution >= 0.6 is 0 Å². The van der Waals surface area contributed by atoms with Gasteiger partial charge in [0, 0.05) is 0 Å². The second kappa shape index (κ2) is 4.64. The van der Waals surface area contributed by atoms with Gasteiger partial charge in [0.2, 0.25) is 0 Å². The van der Waals surface area contributed by atoms with Crippen LogP contribution in [0.25, 0.3) is 0 Å². The van der Waals surface area contributed by atoms with E-state index >= 15 is 0 Å². The molecule has 1 aromatic rings. The summed E-state index contributed by atoms with van der Waals surface area (Å²) in [5.41, 5.74) is 1.12. The standard InChI is InChI=1S/C12H14O3/c1-8(2)7-15-11-6-4-5-10(9(3)13)12(11)14/h4-6,14H,1,7H2,2-3H3. The van der Waals surface area contributed by atoms with E-state index in [1.54, 1.807) is 18.2 Å². The van der Waals surface area contributed by atoms with Crippen LogP contribution in [-0.2, 0) is 0 Å². The van der Waals surface area contributed by atoms with Gasteiger partial charge in [-0.25, -0.2) is 0 Å². The number of para-hydroxylation sites is 1. The van der Waals surface area contributed by atoms with Gasteiger partial charge in [0.05, 0.1) is 5.56 Å². The number of aromatic hydroxyl groups is 1. The van der Waals surface area contributed by atoms with Crippen LogP contribution in [0.3, 0.4) is 0 Å². The van der Waals surface area contributed by atoms with Crippen molar-refractivity contribution >= 4 is 5.78 Å². The van der Waals surface area contributed by atoms with E-state index in [0.29, 0.717) is 12.4 Å². The second-order valence-corrected chi connectivity index (χ2v) is 3.45. The Bertz CT molecular complexity index is 394. The predicted octanol–water partition coefficient (Wildman–Crippen LogP) is 2.55. The lowest BCUT2D eigenvalue weighted by Gasteiger charge is -2.09. The molecule has 0 saturated carbocycles. The van der Waals surface area contributed by atoms with E-state index in [1.807, 2.05) is 6.92 Å². The molecule has 0 spiro atoms. The second-order valence-electron chi connectivity index (χ2n) is 3.45. The van der Waals surface area contributed by atoms with Crippen LogP contribution in [0, 0.1) is 0 Å². The number of phenolic OH excluding ortho intramolecular Hbond substituents is 1. The Balaban J connectivity index is 2.94. The Morgan fingerprint density at radius 1 is 1.47 bits per heavy atom. The molecule has 0 saturated heterocycles. The summed E-state index contributed by atoms with van der Waals surface area (Å²) in [6, 6.07) is 4.85. The molecule has 0 amide bonds. The Morgan fingerprint density at radius 3 is 2.67 bits per heavy atom. The van der Waals surface area contributed by atoms with E-state index in [1.165, 1.54) is 6.92 Å². The third-order valence-corrected chi connectivity index (χ3v) is 1.85. The Hall–Kier alpha value is -1.77. The van der Waals surface area contributed by atoms with Gasteiger partial charge in [-0.3, -0.25) is 4.79 Å². The number of phenols is 1. The number of ether oxygens (including phenoxy) is 1. The monoisotopic (exact) mass is 206 g/mol. The van der Waals surface area contributed by atoms with Crippen LogP contribution in [0.2, 0.25) is 0 Å². The van der Waals surface area contributed by atoms with Crippen molar-refractivity contribution in [1.29, 1.82) is 0 Å². The molecule has 3 heteroatoms. The lowest BCUT2D eigenvalue weighted by molar-refractivity contribution is 0.101. The van der Waals surface area contributed by atoms with Crippen LogP contribution < -0.4 is 4.74 Å². The fourth-order valence-corrected chi connectivity index (χ4v) is 1.12. The topological polar surface area (TPSA) is 46.5 Å². The molecule has 0 fully saturated rings. The maximum Gasteiger partial charge on any atom is 0.168 e. The summed E-state index contributed by atoms with van der Waals surface area (Å²) in [7, 11) is 0. The van der Waals surface area contributed by atoms with Crippen LogP contribution in [0.1, 0.15) is 24.2 Å². The number of hydrogen-bond acceptors (Lipinski definition) is 3. The number of carbonyl (C=O) groups is 1. The van der Waals surface area contributed by atoms with Crippen LogP contribution in [0.4, 0.5) is 0 Å². The molecule has 1 N–H and O–H groups in total. The van der Waals surface area contributed by atoms with Crippen molar-refractivity contribution in [1.82, 2.24) is 0 Å². The van der Waals surface area contributed by atoms with E-state index in [-0.39, 0.29) is 17.1 Å². The number of Topliss-reactive ketones (excluding diaryl/α,β-unsaturated/α-hetero) is 1. The van der Waals surface area contributed by atoms with Crippen molar-refractivity contribution in [3.63, 3.8) is 0 Å². The molecule has 1 aromatic carbocycles. The SMILES string of the molecule is C=C(C)COc1cccc(C(C)=O)c1O. The van der Waals surface area contributed by atoms with E-state index in [9.17, 15) is 9.90 Å². The number of hydrogen-bond donors (Lipinski definition) is 1. The van der Waals surface area contributed by atoms with Gasteiger partial charge >= 0.3 is 0 Å². The zero-order valence-electron chi connectivity index (χ0n) is 8.91. The summed E-state index contributed by atoms with van der Waals surface area (Å²) in [4.78, 5) is 11.1. The number of rotatable bonds is 4. The van der Waals surface area contributed by atoms with Gasteiger partial charge in [0.15, 0.2) is 17.3 Å². The molecule has 0 aliphatic heterocycles. The molecule has 1 rings (SSSR count). The molecule has 0 aliphatic rings. The third kappa shape index (κ3) is 2.84. The Labute approximate surface area is 89.0 Å². The molecule has 0 radical (unpaired) electrons. The molecule has 0 aromatic heterocycles. The highest BCUT2D eigenvalue weighted by atomic mass is 16.5. The minimum Gasteiger partial charge on any atom is -0.504 e. The minimum atomic E-state index is -0.187. The average Bonchev–Trinajstić information content (AvgIpc) is 2.15. The molecule has 0 atom stereocenters. The highest BCUT2D eigenvalue weighted by Gasteiger charge is 2.11. The molecular formula is C12H14O3. The summed E-state index contributed by atoms with van der Waals surface area (Å²) in [5.74, 6) is 0.0187. The van der Waals surface area contributed by atoms with Crippen molar-refractivity contribution in [2.24, 2.45) is 0 Å². The summed E-state index contributed by atoms with van der Waals surface area (Å²) in [6.45, 7) is 7.24. The average molecular weight is 206 g/mol. The largest absolute Gasteiger partial charge is 0.504 e. The van der Waals surface area contributed by atoms with Gasteiger partial charge in [-0.2, -0.15) is 0 Å². The van der Waals surface area contributed by atoms with Crippen molar-refractivity contribution in [2.45, 2.75) is 13.8 Å². The first-order valence-corrected chi connectivity index (χ1v) is 4.62. The molecule has 15 heavy (non-hydrogen) atoms. The van der Waals surface area contributed by atoms with Crippen LogP contribution in [-0.4, -0.2) is 17.5 Å². The van der Waals surface area contributed by atoms with E-state index in [0.717, 1.165) is 5.57 Å². The zero-order chi connectivity index (χ0) is 11.4. The summed E-state index contributed by atoms with van der Waals surface area (Å²) in [6.07, 6.45) is 0.